The molecule has 2 heterocycles. The van der Waals surface area contributed by atoms with Crippen molar-refractivity contribution in [2.75, 3.05) is 26.0 Å². The fraction of sp³-hybridized carbons (Fsp3) is 0.286. The summed E-state index contributed by atoms with van der Waals surface area (Å²) in [6.07, 6.45) is 1.83. The highest BCUT2D eigenvalue weighted by atomic mass is 16.5. The number of hydrogen-bond acceptors (Lipinski definition) is 5. The molecule has 2 aromatic carbocycles. The Balaban J connectivity index is 1.75. The first-order valence-corrected chi connectivity index (χ1v) is 9.04. The van der Waals surface area contributed by atoms with Crippen molar-refractivity contribution in [1.82, 2.24) is 14.7 Å². The van der Waals surface area contributed by atoms with Gasteiger partial charge in [-0.1, -0.05) is 18.2 Å². The number of hydrogen-bond donors (Lipinski definition) is 1. The lowest BCUT2D eigenvalue weighted by molar-refractivity contribution is 0.0732. The second-order valence-corrected chi connectivity index (χ2v) is 7.06. The summed E-state index contributed by atoms with van der Waals surface area (Å²) in [4.78, 5) is 14.6. The van der Waals surface area contributed by atoms with E-state index in [1.165, 1.54) is 0 Å². The Morgan fingerprint density at radius 1 is 1.36 bits per heavy atom. The number of carbonyl (C=O) groups is 1. The highest BCUT2D eigenvalue weighted by molar-refractivity contribution is 6.05. The van der Waals surface area contributed by atoms with E-state index in [2.05, 4.69) is 17.2 Å². The van der Waals surface area contributed by atoms with Crippen LogP contribution in [0.25, 0.3) is 22.0 Å². The van der Waals surface area contributed by atoms with E-state index in [0.717, 1.165) is 27.6 Å². The van der Waals surface area contributed by atoms with Crippen molar-refractivity contribution in [2.24, 2.45) is 13.0 Å². The molecule has 7 nitrogen and oxygen atoms in total. The van der Waals surface area contributed by atoms with Gasteiger partial charge >= 0.3 is 0 Å². The Bertz CT molecular complexity index is 1110. The molecule has 0 saturated heterocycles. The number of anilines is 1. The Hall–Kier alpha value is -3.37. The van der Waals surface area contributed by atoms with E-state index in [-0.39, 0.29) is 18.4 Å². The summed E-state index contributed by atoms with van der Waals surface area (Å²) in [5, 5.41) is 14.7. The van der Waals surface area contributed by atoms with Gasteiger partial charge in [-0.05, 0) is 28.8 Å². The second-order valence-electron chi connectivity index (χ2n) is 7.06. The summed E-state index contributed by atoms with van der Waals surface area (Å²) in [6, 6.07) is 12.1. The standard InChI is InChI=1S/C21H21N5O2/c1-25-19-7-14(3-4-15(19)9-24-25)16-5-6-18(23)20-17(16)11-26(21(20)27)10-13(8-22)12-28-2/h3-7,9,13H,10-12,23H2,1-2H3. The fourth-order valence-electron chi connectivity index (χ4n) is 3.83. The van der Waals surface area contributed by atoms with Crippen LogP contribution in [0.5, 0.6) is 0 Å². The van der Waals surface area contributed by atoms with E-state index in [9.17, 15) is 10.1 Å². The molecule has 4 rings (SSSR count). The third-order valence-electron chi connectivity index (χ3n) is 5.25. The number of nitrogen functional groups attached to an aromatic ring is 1. The number of aryl methyl sites for hydroxylation is 1. The molecule has 1 amide bonds. The Morgan fingerprint density at radius 2 is 2.18 bits per heavy atom. The molecule has 7 heteroatoms. The first-order valence-electron chi connectivity index (χ1n) is 9.04. The number of nitrogens with zero attached hydrogens (tertiary/aromatic N) is 4. The molecule has 3 aromatic rings. The van der Waals surface area contributed by atoms with E-state index < -0.39 is 0 Å². The molecule has 1 aliphatic rings. The first kappa shape index (κ1) is 18.0. The minimum absolute atomic E-state index is 0.132. The molecule has 1 unspecified atom stereocenters. The number of nitriles is 1. The SMILES string of the molecule is COCC(C#N)CN1Cc2c(-c3ccc4cnn(C)c4c3)ccc(N)c2C1=O. The monoisotopic (exact) mass is 375 g/mol. The van der Waals surface area contributed by atoms with E-state index in [1.54, 1.807) is 18.1 Å². The van der Waals surface area contributed by atoms with Gasteiger partial charge in [0.1, 0.15) is 0 Å². The van der Waals surface area contributed by atoms with E-state index in [0.29, 0.717) is 24.3 Å². The third-order valence-corrected chi connectivity index (χ3v) is 5.25. The maximum atomic E-state index is 13.0. The Morgan fingerprint density at radius 3 is 2.93 bits per heavy atom. The van der Waals surface area contributed by atoms with Gasteiger partial charge in [0.15, 0.2) is 0 Å². The highest BCUT2D eigenvalue weighted by Gasteiger charge is 2.33. The quantitative estimate of drug-likeness (QED) is 0.691. The van der Waals surface area contributed by atoms with E-state index >= 15 is 0 Å². The van der Waals surface area contributed by atoms with Gasteiger partial charge in [-0.25, -0.2) is 0 Å². The number of ether oxygens (including phenoxy) is 1. The van der Waals surface area contributed by atoms with Crippen LogP contribution in [-0.2, 0) is 18.3 Å². The van der Waals surface area contributed by atoms with Crippen molar-refractivity contribution < 1.29 is 9.53 Å². The molecule has 28 heavy (non-hydrogen) atoms. The van der Waals surface area contributed by atoms with Crippen LogP contribution in [0.2, 0.25) is 0 Å². The molecule has 142 valence electrons. The summed E-state index contributed by atoms with van der Waals surface area (Å²) < 4.78 is 6.91. The van der Waals surface area contributed by atoms with Crippen LogP contribution < -0.4 is 5.73 Å². The normalized spacial score (nSPS) is 14.3. The molecule has 0 spiro atoms. The zero-order chi connectivity index (χ0) is 19.8. The van der Waals surface area contributed by atoms with Gasteiger partial charge in [-0.15, -0.1) is 0 Å². The number of methoxy groups -OCH3 is 1. The second kappa shape index (κ2) is 6.98. The molecule has 0 fully saturated rings. The average Bonchev–Trinajstić information content (AvgIpc) is 3.22. The summed E-state index contributed by atoms with van der Waals surface area (Å²) in [5.74, 6) is -0.508. The van der Waals surface area contributed by atoms with E-state index in [4.69, 9.17) is 10.5 Å². The smallest absolute Gasteiger partial charge is 0.256 e. The van der Waals surface area contributed by atoms with Crippen molar-refractivity contribution in [2.45, 2.75) is 6.54 Å². The molecule has 0 bridgehead atoms. The lowest BCUT2D eigenvalue weighted by Crippen LogP contribution is -2.31. The van der Waals surface area contributed by atoms with Gasteiger partial charge in [0.2, 0.25) is 0 Å². The minimum Gasteiger partial charge on any atom is -0.398 e. The van der Waals surface area contributed by atoms with Crippen molar-refractivity contribution in [1.29, 1.82) is 5.26 Å². The Labute approximate surface area is 162 Å². The summed E-state index contributed by atoms with van der Waals surface area (Å²) in [6.45, 7) is 1.04. The largest absolute Gasteiger partial charge is 0.398 e. The van der Waals surface area contributed by atoms with Crippen LogP contribution in [0.3, 0.4) is 0 Å². The van der Waals surface area contributed by atoms with Gasteiger partial charge in [0.05, 0.1) is 35.9 Å². The molecule has 1 aliphatic heterocycles. The number of carbonyl (C=O) groups excluding carboxylic acids is 1. The topological polar surface area (TPSA) is 97.2 Å². The summed E-state index contributed by atoms with van der Waals surface area (Å²) >= 11 is 0. The van der Waals surface area contributed by atoms with Crippen LogP contribution in [0.15, 0.2) is 36.5 Å². The molecule has 0 radical (unpaired) electrons. The first-order chi connectivity index (χ1) is 13.5. The highest BCUT2D eigenvalue weighted by Crippen LogP contribution is 2.37. The van der Waals surface area contributed by atoms with Gasteiger partial charge in [-0.2, -0.15) is 10.4 Å². The van der Waals surface area contributed by atoms with Crippen LogP contribution in [0.4, 0.5) is 5.69 Å². The maximum absolute atomic E-state index is 13.0. The predicted molar refractivity (Wildman–Crippen MR) is 106 cm³/mol. The number of nitrogens with two attached hydrogens (primary N) is 1. The lowest BCUT2D eigenvalue weighted by Gasteiger charge is -2.18. The molecule has 0 aliphatic carbocycles. The number of benzene rings is 2. The predicted octanol–water partition coefficient (Wildman–Crippen LogP) is 2.56. The molecule has 1 aromatic heterocycles. The lowest BCUT2D eigenvalue weighted by atomic mass is 9.95. The van der Waals surface area contributed by atoms with Gasteiger partial charge in [0.25, 0.3) is 5.91 Å². The van der Waals surface area contributed by atoms with Crippen molar-refractivity contribution >= 4 is 22.5 Å². The number of rotatable bonds is 5. The summed E-state index contributed by atoms with van der Waals surface area (Å²) in [7, 11) is 3.46. The zero-order valence-corrected chi connectivity index (χ0v) is 15.8. The van der Waals surface area contributed by atoms with Gasteiger partial charge < -0.3 is 15.4 Å². The van der Waals surface area contributed by atoms with E-state index in [1.807, 2.05) is 36.1 Å². The van der Waals surface area contributed by atoms with Crippen molar-refractivity contribution in [3.8, 4) is 17.2 Å². The molecular weight excluding hydrogens is 354 g/mol. The van der Waals surface area contributed by atoms with Crippen LogP contribution in [0.1, 0.15) is 15.9 Å². The zero-order valence-electron chi connectivity index (χ0n) is 15.8. The third kappa shape index (κ3) is 2.88. The summed E-state index contributed by atoms with van der Waals surface area (Å²) in [5.41, 5.74) is 11.1. The Kier molecular flexibility index (Phi) is 4.49. The van der Waals surface area contributed by atoms with Gasteiger partial charge in [0, 0.05) is 38.3 Å². The number of fused-ring (bicyclic) bond motifs is 2. The number of aromatic nitrogens is 2. The molecular formula is C21H21N5O2. The maximum Gasteiger partial charge on any atom is 0.256 e. The van der Waals surface area contributed by atoms with Crippen molar-refractivity contribution in [3.05, 3.63) is 47.7 Å². The average molecular weight is 375 g/mol. The van der Waals surface area contributed by atoms with Crippen LogP contribution in [-0.4, -0.2) is 40.8 Å². The molecule has 1 atom stereocenters. The molecule has 0 saturated carbocycles. The van der Waals surface area contributed by atoms with Crippen molar-refractivity contribution in [3.63, 3.8) is 0 Å². The number of amides is 1. The molecule has 2 N–H and O–H groups in total. The fourth-order valence-corrected chi connectivity index (χ4v) is 3.83. The van der Waals surface area contributed by atoms with Crippen LogP contribution >= 0.6 is 0 Å². The van der Waals surface area contributed by atoms with Crippen LogP contribution in [0, 0.1) is 17.2 Å². The minimum atomic E-state index is -0.376. The van der Waals surface area contributed by atoms with Gasteiger partial charge in [-0.3, -0.25) is 9.48 Å².